The van der Waals surface area contributed by atoms with Gasteiger partial charge in [0.05, 0.1) is 12.6 Å². The van der Waals surface area contributed by atoms with E-state index in [2.05, 4.69) is 15.3 Å². The lowest BCUT2D eigenvalue weighted by molar-refractivity contribution is 0.0273. The Labute approximate surface area is 103 Å². The van der Waals surface area contributed by atoms with Gasteiger partial charge in [-0.3, -0.25) is 0 Å². The van der Waals surface area contributed by atoms with Gasteiger partial charge < -0.3 is 15.0 Å². The van der Waals surface area contributed by atoms with E-state index in [4.69, 9.17) is 4.74 Å². The first-order valence-corrected chi connectivity index (χ1v) is 6.76. The molecule has 0 aromatic carbocycles. The van der Waals surface area contributed by atoms with Crippen molar-refractivity contribution in [2.75, 3.05) is 13.2 Å². The molecule has 1 saturated carbocycles. The molecule has 0 bridgehead atoms. The molecule has 2 rings (SSSR count). The molecule has 4 heteroatoms. The molecule has 4 nitrogen and oxygen atoms in total. The van der Waals surface area contributed by atoms with Crippen molar-refractivity contribution in [3.8, 4) is 0 Å². The molecule has 0 spiro atoms. The molecular formula is C13H23N3O. The lowest BCUT2D eigenvalue weighted by Crippen LogP contribution is -2.21. The summed E-state index contributed by atoms with van der Waals surface area (Å²) in [6, 6.07) is 0. The second-order valence-corrected chi connectivity index (χ2v) is 4.70. The number of imidazole rings is 1. The molecule has 0 atom stereocenters. The smallest absolute Gasteiger partial charge is 0.120 e. The summed E-state index contributed by atoms with van der Waals surface area (Å²) in [5.74, 6) is 0.998. The second-order valence-electron chi connectivity index (χ2n) is 4.70. The number of ether oxygens (including phenoxy) is 1. The van der Waals surface area contributed by atoms with Crippen LogP contribution in [0.5, 0.6) is 0 Å². The van der Waals surface area contributed by atoms with E-state index in [0.29, 0.717) is 6.10 Å². The zero-order chi connectivity index (χ0) is 11.8. The molecule has 17 heavy (non-hydrogen) atoms. The van der Waals surface area contributed by atoms with Crippen LogP contribution in [0.25, 0.3) is 0 Å². The summed E-state index contributed by atoms with van der Waals surface area (Å²) in [4.78, 5) is 7.23. The Morgan fingerprint density at radius 2 is 2.24 bits per heavy atom. The molecule has 1 heterocycles. The molecule has 1 aliphatic carbocycles. The summed E-state index contributed by atoms with van der Waals surface area (Å²) in [6.07, 6.45) is 11.9. The fraction of sp³-hybridized carbons (Fsp3) is 0.769. The average Bonchev–Trinajstić information content (AvgIpc) is 2.88. The standard InChI is InChI=1S/C13H23N3O/c1-2-5-12(6-3-1)17-10-4-7-14-11-13-15-8-9-16-13/h8-9,12,14H,1-7,10-11H2,(H,15,16). The van der Waals surface area contributed by atoms with Gasteiger partial charge in [0, 0.05) is 19.0 Å². The Balaban J connectivity index is 1.43. The molecule has 1 aromatic rings. The molecule has 1 fully saturated rings. The summed E-state index contributed by atoms with van der Waals surface area (Å²) >= 11 is 0. The number of nitrogens with one attached hydrogen (secondary N) is 2. The van der Waals surface area contributed by atoms with Crippen LogP contribution in [0.1, 0.15) is 44.3 Å². The van der Waals surface area contributed by atoms with Crippen LogP contribution >= 0.6 is 0 Å². The van der Waals surface area contributed by atoms with Crippen molar-refractivity contribution in [1.82, 2.24) is 15.3 Å². The lowest BCUT2D eigenvalue weighted by Gasteiger charge is -2.21. The Hall–Kier alpha value is -0.870. The van der Waals surface area contributed by atoms with Gasteiger partial charge in [0.1, 0.15) is 5.82 Å². The maximum Gasteiger partial charge on any atom is 0.120 e. The van der Waals surface area contributed by atoms with E-state index < -0.39 is 0 Å². The van der Waals surface area contributed by atoms with Crippen LogP contribution in [-0.2, 0) is 11.3 Å². The van der Waals surface area contributed by atoms with Crippen molar-refractivity contribution in [2.24, 2.45) is 0 Å². The molecule has 1 aromatic heterocycles. The highest BCUT2D eigenvalue weighted by Gasteiger charge is 2.12. The third-order valence-electron chi connectivity index (χ3n) is 3.25. The van der Waals surface area contributed by atoms with Gasteiger partial charge in [0.2, 0.25) is 0 Å². The van der Waals surface area contributed by atoms with Gasteiger partial charge in [-0.15, -0.1) is 0 Å². The minimum atomic E-state index is 0.536. The molecule has 96 valence electrons. The van der Waals surface area contributed by atoms with E-state index in [-0.39, 0.29) is 0 Å². The van der Waals surface area contributed by atoms with Crippen LogP contribution in [-0.4, -0.2) is 29.2 Å². The van der Waals surface area contributed by atoms with E-state index in [1.165, 1.54) is 32.1 Å². The molecule has 0 saturated heterocycles. The van der Waals surface area contributed by atoms with E-state index in [1.54, 1.807) is 6.20 Å². The lowest BCUT2D eigenvalue weighted by atomic mass is 9.98. The van der Waals surface area contributed by atoms with Gasteiger partial charge in [-0.1, -0.05) is 19.3 Å². The van der Waals surface area contributed by atoms with Crippen LogP contribution in [0.2, 0.25) is 0 Å². The third kappa shape index (κ3) is 4.88. The fourth-order valence-electron chi connectivity index (χ4n) is 2.28. The van der Waals surface area contributed by atoms with Crippen LogP contribution in [0, 0.1) is 0 Å². The molecule has 1 aliphatic rings. The maximum atomic E-state index is 5.86. The van der Waals surface area contributed by atoms with E-state index in [9.17, 15) is 0 Å². The SMILES string of the molecule is c1c[nH]c(CNCCCOC2CCCCC2)n1. The summed E-state index contributed by atoms with van der Waals surface area (Å²) in [6.45, 7) is 2.69. The highest BCUT2D eigenvalue weighted by Crippen LogP contribution is 2.20. The van der Waals surface area contributed by atoms with Gasteiger partial charge in [0.15, 0.2) is 0 Å². The number of aromatic amines is 1. The zero-order valence-electron chi connectivity index (χ0n) is 10.5. The molecule has 0 amide bonds. The topological polar surface area (TPSA) is 49.9 Å². The molecule has 2 N–H and O–H groups in total. The number of hydrogen-bond donors (Lipinski definition) is 2. The van der Waals surface area contributed by atoms with Crippen LogP contribution in [0.3, 0.4) is 0 Å². The minimum absolute atomic E-state index is 0.536. The van der Waals surface area contributed by atoms with Gasteiger partial charge in [-0.2, -0.15) is 0 Å². The number of rotatable bonds is 7. The van der Waals surface area contributed by atoms with Crippen LogP contribution in [0.15, 0.2) is 12.4 Å². The summed E-state index contributed by atoms with van der Waals surface area (Å²) in [7, 11) is 0. The van der Waals surface area contributed by atoms with E-state index in [1.807, 2.05) is 6.20 Å². The van der Waals surface area contributed by atoms with Gasteiger partial charge >= 0.3 is 0 Å². The van der Waals surface area contributed by atoms with Crippen molar-refractivity contribution in [2.45, 2.75) is 51.2 Å². The quantitative estimate of drug-likeness (QED) is 0.715. The molecular weight excluding hydrogens is 214 g/mol. The largest absolute Gasteiger partial charge is 0.378 e. The van der Waals surface area contributed by atoms with E-state index >= 15 is 0 Å². The van der Waals surface area contributed by atoms with E-state index in [0.717, 1.165) is 31.9 Å². The first-order valence-electron chi connectivity index (χ1n) is 6.76. The molecule has 0 aliphatic heterocycles. The Morgan fingerprint density at radius 3 is 3.00 bits per heavy atom. The van der Waals surface area contributed by atoms with Gasteiger partial charge in [-0.25, -0.2) is 4.98 Å². The van der Waals surface area contributed by atoms with Crippen molar-refractivity contribution in [3.63, 3.8) is 0 Å². The summed E-state index contributed by atoms with van der Waals surface area (Å²) < 4.78 is 5.86. The van der Waals surface area contributed by atoms with Crippen LogP contribution in [0.4, 0.5) is 0 Å². The number of aromatic nitrogens is 2. The number of hydrogen-bond acceptors (Lipinski definition) is 3. The molecule has 0 radical (unpaired) electrons. The molecule has 0 unspecified atom stereocenters. The summed E-state index contributed by atoms with van der Waals surface area (Å²) in [5.41, 5.74) is 0. The number of nitrogens with zero attached hydrogens (tertiary/aromatic N) is 1. The predicted molar refractivity (Wildman–Crippen MR) is 67.7 cm³/mol. The Morgan fingerprint density at radius 1 is 1.35 bits per heavy atom. The van der Waals surface area contributed by atoms with Crippen molar-refractivity contribution >= 4 is 0 Å². The average molecular weight is 237 g/mol. The highest BCUT2D eigenvalue weighted by atomic mass is 16.5. The normalized spacial score (nSPS) is 17.4. The van der Waals surface area contributed by atoms with Gasteiger partial charge in [-0.05, 0) is 25.8 Å². The first kappa shape index (κ1) is 12.6. The Bertz CT molecular complexity index is 281. The van der Waals surface area contributed by atoms with Crippen molar-refractivity contribution in [1.29, 1.82) is 0 Å². The third-order valence-corrected chi connectivity index (χ3v) is 3.25. The number of H-pyrrole nitrogens is 1. The summed E-state index contributed by atoms with van der Waals surface area (Å²) in [5, 5.41) is 3.35. The maximum absolute atomic E-state index is 5.86. The van der Waals surface area contributed by atoms with Crippen molar-refractivity contribution < 1.29 is 4.74 Å². The van der Waals surface area contributed by atoms with Crippen LogP contribution < -0.4 is 5.32 Å². The highest BCUT2D eigenvalue weighted by molar-refractivity contribution is 4.85. The zero-order valence-corrected chi connectivity index (χ0v) is 10.5. The minimum Gasteiger partial charge on any atom is -0.378 e. The first-order chi connectivity index (χ1) is 8.45. The monoisotopic (exact) mass is 237 g/mol. The predicted octanol–water partition coefficient (Wildman–Crippen LogP) is 2.24. The second kappa shape index (κ2) is 7.45. The van der Waals surface area contributed by atoms with Crippen molar-refractivity contribution in [3.05, 3.63) is 18.2 Å². The Kier molecular flexibility index (Phi) is 5.52. The van der Waals surface area contributed by atoms with Gasteiger partial charge in [0.25, 0.3) is 0 Å². The fourth-order valence-corrected chi connectivity index (χ4v) is 2.28.